The van der Waals surface area contributed by atoms with Crippen LogP contribution >= 0.6 is 11.6 Å². The van der Waals surface area contributed by atoms with Crippen LogP contribution in [0.5, 0.6) is 0 Å². The molecule has 0 atom stereocenters. The molecule has 0 aliphatic heterocycles. The third-order valence-electron chi connectivity index (χ3n) is 3.77. The van der Waals surface area contributed by atoms with E-state index in [9.17, 15) is 9.18 Å². The Morgan fingerprint density at radius 3 is 2.60 bits per heavy atom. The molecular formula is C20H16ClFN2O. The van der Waals surface area contributed by atoms with Crippen molar-refractivity contribution in [1.82, 2.24) is 9.88 Å². The van der Waals surface area contributed by atoms with Crippen molar-refractivity contribution in [2.45, 2.75) is 13.1 Å². The lowest BCUT2D eigenvalue weighted by Crippen LogP contribution is -2.30. The zero-order valence-corrected chi connectivity index (χ0v) is 14.2. The number of hydrogen-bond acceptors (Lipinski definition) is 2. The van der Waals surface area contributed by atoms with Gasteiger partial charge in [0.25, 0.3) is 5.91 Å². The molecule has 0 N–H and O–H groups in total. The number of carbonyl (C=O) groups excluding carboxylic acids is 1. The fraction of sp³-hybridized carbons (Fsp3) is 0.100. The number of carbonyl (C=O) groups is 1. The van der Waals surface area contributed by atoms with E-state index < -0.39 is 5.82 Å². The fourth-order valence-corrected chi connectivity index (χ4v) is 2.74. The highest BCUT2D eigenvalue weighted by molar-refractivity contribution is 6.31. The molecule has 0 unspecified atom stereocenters. The summed E-state index contributed by atoms with van der Waals surface area (Å²) in [6.45, 7) is 0.679. The van der Waals surface area contributed by atoms with Gasteiger partial charge in [-0.2, -0.15) is 0 Å². The molecule has 3 rings (SSSR count). The second-order valence-corrected chi connectivity index (χ2v) is 6.03. The first-order chi connectivity index (χ1) is 12.1. The first kappa shape index (κ1) is 17.1. The van der Waals surface area contributed by atoms with E-state index in [2.05, 4.69) is 4.98 Å². The molecule has 0 spiro atoms. The number of benzene rings is 2. The Hall–Kier alpha value is -2.72. The minimum absolute atomic E-state index is 0.261. The van der Waals surface area contributed by atoms with Crippen molar-refractivity contribution in [2.24, 2.45) is 0 Å². The van der Waals surface area contributed by atoms with E-state index in [1.165, 1.54) is 18.2 Å². The van der Waals surface area contributed by atoms with Crippen molar-refractivity contribution in [2.75, 3.05) is 0 Å². The predicted molar refractivity (Wildman–Crippen MR) is 95.7 cm³/mol. The number of aromatic nitrogens is 1. The number of rotatable bonds is 5. The molecule has 3 nitrogen and oxygen atoms in total. The SMILES string of the molecule is O=C(c1cccc(F)c1)N(Cc1cccnc1)Cc1ccccc1Cl. The van der Waals surface area contributed by atoms with Crippen LogP contribution < -0.4 is 0 Å². The molecule has 0 aliphatic carbocycles. The minimum atomic E-state index is -0.440. The molecule has 3 aromatic rings. The van der Waals surface area contributed by atoms with Gasteiger partial charge in [0.15, 0.2) is 0 Å². The van der Waals surface area contributed by atoms with Gasteiger partial charge in [-0.3, -0.25) is 9.78 Å². The molecule has 126 valence electrons. The molecule has 0 saturated heterocycles. The maximum absolute atomic E-state index is 13.5. The van der Waals surface area contributed by atoms with Gasteiger partial charge in [0.2, 0.25) is 0 Å². The van der Waals surface area contributed by atoms with Crippen LogP contribution in [0.4, 0.5) is 4.39 Å². The Kier molecular flexibility index (Phi) is 5.41. The van der Waals surface area contributed by atoms with Gasteiger partial charge in [-0.25, -0.2) is 4.39 Å². The largest absolute Gasteiger partial charge is 0.330 e. The normalized spacial score (nSPS) is 10.5. The van der Waals surface area contributed by atoms with E-state index in [1.807, 2.05) is 30.3 Å². The summed E-state index contributed by atoms with van der Waals surface area (Å²) in [5.41, 5.74) is 2.02. The second-order valence-electron chi connectivity index (χ2n) is 5.62. The molecule has 1 heterocycles. The Bertz CT molecular complexity index is 870. The number of nitrogens with zero attached hydrogens (tertiary/aromatic N) is 2. The van der Waals surface area contributed by atoms with Gasteiger partial charge in [0.1, 0.15) is 5.82 Å². The predicted octanol–water partition coefficient (Wildman–Crippen LogP) is 4.72. The Balaban J connectivity index is 1.91. The molecular weight excluding hydrogens is 339 g/mol. The van der Waals surface area contributed by atoms with E-state index in [0.29, 0.717) is 23.7 Å². The smallest absolute Gasteiger partial charge is 0.254 e. The Labute approximate surface area is 150 Å². The highest BCUT2D eigenvalue weighted by Crippen LogP contribution is 2.20. The summed E-state index contributed by atoms with van der Waals surface area (Å²) in [6, 6.07) is 16.8. The van der Waals surface area contributed by atoms with Gasteiger partial charge >= 0.3 is 0 Å². The zero-order chi connectivity index (χ0) is 17.6. The summed E-state index contributed by atoms with van der Waals surface area (Å²) >= 11 is 6.24. The highest BCUT2D eigenvalue weighted by atomic mass is 35.5. The molecule has 0 bridgehead atoms. The maximum Gasteiger partial charge on any atom is 0.254 e. The van der Waals surface area contributed by atoms with Gasteiger partial charge in [0.05, 0.1) is 0 Å². The summed E-state index contributed by atoms with van der Waals surface area (Å²) < 4.78 is 13.5. The van der Waals surface area contributed by atoms with Gasteiger partial charge < -0.3 is 4.90 Å². The van der Waals surface area contributed by atoms with Crippen molar-refractivity contribution in [3.63, 3.8) is 0 Å². The molecule has 1 aromatic heterocycles. The quantitative estimate of drug-likeness (QED) is 0.664. The van der Waals surface area contributed by atoms with Crippen molar-refractivity contribution >= 4 is 17.5 Å². The van der Waals surface area contributed by atoms with Crippen LogP contribution in [-0.4, -0.2) is 15.8 Å². The van der Waals surface area contributed by atoms with Crippen LogP contribution in [0.2, 0.25) is 5.02 Å². The molecule has 0 aliphatic rings. The van der Waals surface area contributed by atoms with Crippen LogP contribution in [0.3, 0.4) is 0 Å². The van der Waals surface area contributed by atoms with Crippen molar-refractivity contribution in [3.05, 3.63) is 101 Å². The van der Waals surface area contributed by atoms with E-state index in [1.54, 1.807) is 29.4 Å². The number of hydrogen-bond donors (Lipinski definition) is 0. The second kappa shape index (κ2) is 7.90. The number of amides is 1. The van der Waals surface area contributed by atoms with Crippen LogP contribution in [-0.2, 0) is 13.1 Å². The number of halogens is 2. The fourth-order valence-electron chi connectivity index (χ4n) is 2.55. The van der Waals surface area contributed by atoms with E-state index >= 15 is 0 Å². The Morgan fingerprint density at radius 1 is 1.04 bits per heavy atom. The van der Waals surface area contributed by atoms with Crippen LogP contribution in [0, 0.1) is 5.82 Å². The molecule has 2 aromatic carbocycles. The monoisotopic (exact) mass is 354 g/mol. The van der Waals surface area contributed by atoms with Gasteiger partial charge in [-0.1, -0.05) is 41.9 Å². The van der Waals surface area contributed by atoms with Gasteiger partial charge in [0, 0.05) is 36.1 Å². The lowest BCUT2D eigenvalue weighted by atomic mass is 10.1. The average molecular weight is 355 g/mol. The van der Waals surface area contributed by atoms with E-state index in [4.69, 9.17) is 11.6 Å². The third-order valence-corrected chi connectivity index (χ3v) is 4.14. The lowest BCUT2D eigenvalue weighted by Gasteiger charge is -2.23. The highest BCUT2D eigenvalue weighted by Gasteiger charge is 2.18. The van der Waals surface area contributed by atoms with E-state index in [-0.39, 0.29) is 5.91 Å². The summed E-state index contributed by atoms with van der Waals surface area (Å²) in [5.74, 6) is -0.701. The maximum atomic E-state index is 13.5. The standard InChI is InChI=1S/C20H16ClFN2O/c21-19-9-2-1-6-17(19)14-24(13-15-5-4-10-23-12-15)20(25)16-7-3-8-18(22)11-16/h1-12H,13-14H2. The zero-order valence-electron chi connectivity index (χ0n) is 13.4. The summed E-state index contributed by atoms with van der Waals surface area (Å²) in [5, 5.41) is 0.589. The summed E-state index contributed by atoms with van der Waals surface area (Å²) in [7, 11) is 0. The van der Waals surface area contributed by atoms with Crippen LogP contribution in [0.25, 0.3) is 0 Å². The molecule has 0 radical (unpaired) electrons. The Morgan fingerprint density at radius 2 is 1.88 bits per heavy atom. The first-order valence-electron chi connectivity index (χ1n) is 7.80. The lowest BCUT2D eigenvalue weighted by molar-refractivity contribution is 0.0729. The van der Waals surface area contributed by atoms with Crippen molar-refractivity contribution < 1.29 is 9.18 Å². The third kappa shape index (κ3) is 4.43. The summed E-state index contributed by atoms with van der Waals surface area (Å²) in [6.07, 6.45) is 3.38. The molecule has 5 heteroatoms. The van der Waals surface area contributed by atoms with Crippen LogP contribution in [0.15, 0.2) is 73.1 Å². The molecule has 0 saturated carbocycles. The summed E-state index contributed by atoms with van der Waals surface area (Å²) in [4.78, 5) is 18.6. The number of pyridine rings is 1. The van der Waals surface area contributed by atoms with Crippen molar-refractivity contribution in [1.29, 1.82) is 0 Å². The van der Waals surface area contributed by atoms with Gasteiger partial charge in [-0.15, -0.1) is 0 Å². The molecule has 1 amide bonds. The van der Waals surface area contributed by atoms with E-state index in [0.717, 1.165) is 11.1 Å². The first-order valence-corrected chi connectivity index (χ1v) is 8.18. The molecule has 0 fully saturated rings. The topological polar surface area (TPSA) is 33.2 Å². The average Bonchev–Trinajstić information content (AvgIpc) is 2.63. The van der Waals surface area contributed by atoms with Crippen LogP contribution in [0.1, 0.15) is 21.5 Å². The molecule has 25 heavy (non-hydrogen) atoms. The minimum Gasteiger partial charge on any atom is -0.330 e. The van der Waals surface area contributed by atoms with Crippen molar-refractivity contribution in [3.8, 4) is 0 Å². The van der Waals surface area contributed by atoms with Gasteiger partial charge in [-0.05, 0) is 41.5 Å².